The van der Waals surface area contributed by atoms with Crippen LogP contribution in [0.2, 0.25) is 5.02 Å². The van der Waals surface area contributed by atoms with Gasteiger partial charge in [0, 0.05) is 29.9 Å². The lowest BCUT2D eigenvalue weighted by molar-refractivity contribution is -0.129. The van der Waals surface area contributed by atoms with Gasteiger partial charge in [0.15, 0.2) is 0 Å². The highest BCUT2D eigenvalue weighted by atomic mass is 35.5. The van der Waals surface area contributed by atoms with Crippen LogP contribution in [-0.4, -0.2) is 36.4 Å². The second kappa shape index (κ2) is 5.84. The fourth-order valence-corrected chi connectivity index (χ4v) is 4.67. The Balaban J connectivity index is 1.70. The van der Waals surface area contributed by atoms with Crippen LogP contribution in [0.4, 0.5) is 0 Å². The predicted molar refractivity (Wildman–Crippen MR) is 102 cm³/mol. The monoisotopic (exact) mass is 385 g/mol. The van der Waals surface area contributed by atoms with Crippen LogP contribution in [0.25, 0.3) is 11.1 Å². The minimum Gasteiger partial charge on any atom is -0.487 e. The first-order valence-electron chi connectivity index (χ1n) is 9.01. The minimum atomic E-state index is -0.616. The molecule has 1 saturated heterocycles. The fraction of sp³-hybridized carbons (Fsp3) is 0.400. The smallest absolute Gasteiger partial charge is 0.283 e. The molecule has 0 aliphatic carbocycles. The van der Waals surface area contributed by atoms with E-state index in [-0.39, 0.29) is 17.5 Å². The lowest BCUT2D eigenvalue weighted by Gasteiger charge is -2.52. The summed E-state index contributed by atoms with van der Waals surface area (Å²) in [4.78, 5) is 8.97. The van der Waals surface area contributed by atoms with Gasteiger partial charge in [0.1, 0.15) is 23.5 Å². The van der Waals surface area contributed by atoms with Crippen LogP contribution >= 0.6 is 11.6 Å². The topological polar surface area (TPSA) is 79.0 Å². The van der Waals surface area contributed by atoms with Gasteiger partial charge in [0.25, 0.3) is 6.02 Å². The highest BCUT2D eigenvalue weighted by molar-refractivity contribution is 6.30. The summed E-state index contributed by atoms with van der Waals surface area (Å²) >= 11 is 6.13. The van der Waals surface area contributed by atoms with Gasteiger partial charge in [-0.05, 0) is 30.7 Å². The number of nitrogens with two attached hydrogens (primary N) is 1. The van der Waals surface area contributed by atoms with Gasteiger partial charge in [-0.1, -0.05) is 17.7 Å². The predicted octanol–water partition coefficient (Wildman–Crippen LogP) is 3.13. The third-order valence-corrected chi connectivity index (χ3v) is 6.12. The lowest BCUT2D eigenvalue weighted by atomic mass is 9.66. The second-order valence-corrected chi connectivity index (χ2v) is 7.99. The van der Waals surface area contributed by atoms with Crippen LogP contribution in [-0.2, 0) is 15.0 Å². The van der Waals surface area contributed by atoms with Crippen LogP contribution in [0.1, 0.15) is 18.9 Å². The molecule has 2 aromatic rings. The van der Waals surface area contributed by atoms with Crippen molar-refractivity contribution in [3.63, 3.8) is 0 Å². The number of amidine groups is 1. The molecule has 3 atom stereocenters. The Bertz CT molecular complexity index is 950. The SMILES string of the molecule is C[C@]12CCOC[C@@H]1[C@]1(COC(N)=N1)c1cc(-c3cncc(Cl)c3)ccc1O2. The van der Waals surface area contributed by atoms with Crippen molar-refractivity contribution in [3.8, 4) is 16.9 Å². The number of rotatable bonds is 1. The van der Waals surface area contributed by atoms with E-state index in [2.05, 4.69) is 18.0 Å². The van der Waals surface area contributed by atoms with Crippen molar-refractivity contribution < 1.29 is 14.2 Å². The van der Waals surface area contributed by atoms with Crippen molar-refractivity contribution in [1.82, 2.24) is 4.98 Å². The van der Waals surface area contributed by atoms with E-state index in [1.54, 1.807) is 12.4 Å². The fourth-order valence-electron chi connectivity index (χ4n) is 4.50. The lowest BCUT2D eigenvalue weighted by Crippen LogP contribution is -2.59. The molecule has 1 spiro atoms. The standard InChI is InChI=1S/C20H20ClN3O3/c1-19-4-5-25-10-17(19)20(11-26-18(22)24-20)15-7-12(2-3-16(15)27-19)13-6-14(21)9-23-8-13/h2-3,6-9,17H,4-5,10-11H2,1H3,(H2,22,24)/t17-,19-,20-/m0/s1. The van der Waals surface area contributed by atoms with E-state index >= 15 is 0 Å². The number of ether oxygens (including phenoxy) is 3. The van der Waals surface area contributed by atoms with E-state index in [1.165, 1.54) is 0 Å². The molecule has 0 unspecified atom stereocenters. The molecule has 2 N–H and O–H groups in total. The Morgan fingerprint density at radius 1 is 1.22 bits per heavy atom. The van der Waals surface area contributed by atoms with Gasteiger partial charge >= 0.3 is 0 Å². The van der Waals surface area contributed by atoms with E-state index < -0.39 is 5.54 Å². The Kier molecular flexibility index (Phi) is 3.64. The van der Waals surface area contributed by atoms with Crippen LogP contribution in [0.15, 0.2) is 41.7 Å². The summed E-state index contributed by atoms with van der Waals surface area (Å²) in [5.74, 6) is 0.830. The van der Waals surface area contributed by atoms with Crippen LogP contribution in [0.5, 0.6) is 5.75 Å². The highest BCUT2D eigenvalue weighted by Gasteiger charge is 2.59. The molecule has 3 aliphatic heterocycles. The zero-order chi connectivity index (χ0) is 18.6. The quantitative estimate of drug-likeness (QED) is 0.815. The maximum absolute atomic E-state index is 6.47. The molecule has 3 aliphatic rings. The molecule has 4 heterocycles. The average molecular weight is 386 g/mol. The van der Waals surface area contributed by atoms with Crippen LogP contribution in [0.3, 0.4) is 0 Å². The number of fused-ring (bicyclic) bond motifs is 4. The Morgan fingerprint density at radius 2 is 2.11 bits per heavy atom. The van der Waals surface area contributed by atoms with Crippen molar-refractivity contribution in [2.45, 2.75) is 24.5 Å². The van der Waals surface area contributed by atoms with Crippen molar-refractivity contribution in [1.29, 1.82) is 0 Å². The van der Waals surface area contributed by atoms with E-state index in [0.717, 1.165) is 28.9 Å². The molecule has 1 aromatic carbocycles. The Hall–Kier alpha value is -2.31. The first-order valence-corrected chi connectivity index (χ1v) is 9.38. The molecule has 0 amide bonds. The third kappa shape index (κ3) is 2.51. The summed E-state index contributed by atoms with van der Waals surface area (Å²) in [6.07, 6.45) is 4.21. The first-order chi connectivity index (χ1) is 13.0. The largest absolute Gasteiger partial charge is 0.487 e. The van der Waals surface area contributed by atoms with E-state index in [9.17, 15) is 0 Å². The summed E-state index contributed by atoms with van der Waals surface area (Å²) in [6, 6.07) is 8.21. The second-order valence-electron chi connectivity index (χ2n) is 7.56. The minimum absolute atomic E-state index is 0.0139. The maximum atomic E-state index is 6.47. The van der Waals surface area contributed by atoms with Gasteiger partial charge in [-0.2, -0.15) is 0 Å². The number of hydrogen-bond donors (Lipinski definition) is 1. The molecule has 140 valence electrons. The Morgan fingerprint density at radius 3 is 2.89 bits per heavy atom. The van der Waals surface area contributed by atoms with Crippen LogP contribution in [0, 0.1) is 5.92 Å². The number of aliphatic imine (C=N–C) groups is 1. The van der Waals surface area contributed by atoms with Gasteiger partial charge in [0.05, 0.1) is 24.2 Å². The summed E-state index contributed by atoms with van der Waals surface area (Å²) in [7, 11) is 0. The third-order valence-electron chi connectivity index (χ3n) is 5.92. The molecule has 5 rings (SSSR count). The first kappa shape index (κ1) is 16.8. The molecule has 1 aromatic heterocycles. The molecular formula is C20H20ClN3O3. The molecule has 7 heteroatoms. The zero-order valence-corrected chi connectivity index (χ0v) is 15.7. The van der Waals surface area contributed by atoms with Gasteiger partial charge in [-0.25, -0.2) is 4.99 Å². The van der Waals surface area contributed by atoms with E-state index in [0.29, 0.717) is 24.8 Å². The van der Waals surface area contributed by atoms with Crippen molar-refractivity contribution >= 4 is 17.6 Å². The molecule has 6 nitrogen and oxygen atoms in total. The molecule has 27 heavy (non-hydrogen) atoms. The number of nitrogens with zero attached hydrogens (tertiary/aromatic N) is 2. The maximum Gasteiger partial charge on any atom is 0.283 e. The summed E-state index contributed by atoms with van der Waals surface area (Å²) in [5.41, 5.74) is 7.85. The number of pyridine rings is 1. The number of aromatic nitrogens is 1. The zero-order valence-electron chi connectivity index (χ0n) is 14.9. The molecule has 0 bridgehead atoms. The van der Waals surface area contributed by atoms with E-state index in [1.807, 2.05) is 18.2 Å². The van der Waals surface area contributed by atoms with Crippen molar-refractivity contribution in [3.05, 3.63) is 47.2 Å². The summed E-state index contributed by atoms with van der Waals surface area (Å²) < 4.78 is 17.9. The normalized spacial score (nSPS) is 31.5. The molecule has 1 fully saturated rings. The number of hydrogen-bond acceptors (Lipinski definition) is 6. The average Bonchev–Trinajstić information content (AvgIpc) is 3.04. The summed E-state index contributed by atoms with van der Waals surface area (Å²) in [5, 5.41) is 0.593. The van der Waals surface area contributed by atoms with Gasteiger partial charge in [0.2, 0.25) is 0 Å². The number of halogens is 1. The van der Waals surface area contributed by atoms with Gasteiger partial charge in [-0.3, -0.25) is 4.98 Å². The van der Waals surface area contributed by atoms with Crippen molar-refractivity contribution in [2.75, 3.05) is 19.8 Å². The molecule has 0 radical (unpaired) electrons. The Labute approximate surface area is 162 Å². The molecule has 0 saturated carbocycles. The van der Waals surface area contributed by atoms with Gasteiger partial charge < -0.3 is 19.9 Å². The van der Waals surface area contributed by atoms with E-state index in [4.69, 9.17) is 36.5 Å². The van der Waals surface area contributed by atoms with Crippen molar-refractivity contribution in [2.24, 2.45) is 16.6 Å². The van der Waals surface area contributed by atoms with Gasteiger partial charge in [-0.15, -0.1) is 0 Å². The highest BCUT2D eigenvalue weighted by Crippen LogP contribution is 2.54. The summed E-state index contributed by atoms with van der Waals surface area (Å²) in [6.45, 7) is 3.74. The number of benzene rings is 1. The molecular weight excluding hydrogens is 366 g/mol. The van der Waals surface area contributed by atoms with Crippen LogP contribution < -0.4 is 10.5 Å².